The summed E-state index contributed by atoms with van der Waals surface area (Å²) in [6.07, 6.45) is 9.00. The Kier molecular flexibility index (Phi) is 8.44. The molecule has 126 valence electrons. The second-order valence-electron chi connectivity index (χ2n) is 7.21. The normalized spacial score (nSPS) is 22.7. The van der Waals surface area contributed by atoms with Crippen LogP contribution in [0.5, 0.6) is 0 Å². The molecule has 0 heterocycles. The van der Waals surface area contributed by atoms with Gasteiger partial charge in [0.2, 0.25) is 5.78 Å². The van der Waals surface area contributed by atoms with Crippen LogP contribution in [0, 0.1) is 17.8 Å². The monoisotopic (exact) mass is 308 g/mol. The van der Waals surface area contributed by atoms with Crippen molar-refractivity contribution in [1.29, 1.82) is 0 Å². The Hall–Kier alpha value is -1.12. The molecule has 3 heteroatoms. The van der Waals surface area contributed by atoms with Crippen LogP contribution in [0.25, 0.3) is 0 Å². The number of ketones is 1. The standard InChI is InChI=1S/C19H32O3/c1-14(2)6-5-7-15(3)12-13-22-19(21)18(20)17-10-8-16(4)9-11-17/h6,15-17H,5,7-13H2,1-4H3/t15-,16?,17?/m0/s1. The van der Waals surface area contributed by atoms with E-state index in [1.807, 2.05) is 0 Å². The van der Waals surface area contributed by atoms with Gasteiger partial charge in [0, 0.05) is 5.92 Å². The lowest BCUT2D eigenvalue weighted by atomic mass is 9.81. The van der Waals surface area contributed by atoms with Gasteiger partial charge in [-0.1, -0.05) is 38.3 Å². The van der Waals surface area contributed by atoms with Crippen molar-refractivity contribution in [3.05, 3.63) is 11.6 Å². The van der Waals surface area contributed by atoms with E-state index in [0.717, 1.165) is 44.9 Å². The molecule has 1 saturated carbocycles. The van der Waals surface area contributed by atoms with E-state index < -0.39 is 5.97 Å². The van der Waals surface area contributed by atoms with Crippen molar-refractivity contribution in [3.8, 4) is 0 Å². The number of ether oxygens (including phenoxy) is 1. The molecule has 1 fully saturated rings. The molecule has 22 heavy (non-hydrogen) atoms. The predicted molar refractivity (Wildman–Crippen MR) is 89.5 cm³/mol. The molecule has 1 aliphatic rings. The van der Waals surface area contributed by atoms with Gasteiger partial charge in [0.05, 0.1) is 6.61 Å². The first-order valence-electron chi connectivity index (χ1n) is 8.74. The van der Waals surface area contributed by atoms with Gasteiger partial charge < -0.3 is 4.74 Å². The van der Waals surface area contributed by atoms with Crippen molar-refractivity contribution in [2.75, 3.05) is 6.61 Å². The van der Waals surface area contributed by atoms with Crippen LogP contribution in [0.2, 0.25) is 0 Å². The van der Waals surface area contributed by atoms with Gasteiger partial charge in [-0.25, -0.2) is 4.79 Å². The lowest BCUT2D eigenvalue weighted by Crippen LogP contribution is -2.29. The maximum Gasteiger partial charge on any atom is 0.374 e. The summed E-state index contributed by atoms with van der Waals surface area (Å²) in [6, 6.07) is 0. The lowest BCUT2D eigenvalue weighted by molar-refractivity contribution is -0.156. The smallest absolute Gasteiger partial charge is 0.374 e. The van der Waals surface area contributed by atoms with Crippen LogP contribution < -0.4 is 0 Å². The maximum absolute atomic E-state index is 12.0. The van der Waals surface area contributed by atoms with Crippen molar-refractivity contribution in [1.82, 2.24) is 0 Å². The molecule has 0 aromatic heterocycles. The Morgan fingerprint density at radius 2 is 1.77 bits per heavy atom. The summed E-state index contributed by atoms with van der Waals surface area (Å²) in [5, 5.41) is 0. The SMILES string of the molecule is CC(C)=CCC[C@H](C)CCOC(=O)C(=O)C1CCC(C)CC1. The summed E-state index contributed by atoms with van der Waals surface area (Å²) in [4.78, 5) is 23.9. The van der Waals surface area contributed by atoms with Gasteiger partial charge in [-0.05, 0) is 57.8 Å². The molecule has 1 atom stereocenters. The van der Waals surface area contributed by atoms with Crippen LogP contribution in [0.1, 0.15) is 72.6 Å². The number of hydrogen-bond donors (Lipinski definition) is 0. The third-order valence-electron chi connectivity index (χ3n) is 4.64. The second kappa shape index (κ2) is 9.81. The van der Waals surface area contributed by atoms with Gasteiger partial charge in [-0.15, -0.1) is 0 Å². The van der Waals surface area contributed by atoms with Gasteiger partial charge in [0.25, 0.3) is 0 Å². The molecule has 0 saturated heterocycles. The Morgan fingerprint density at radius 3 is 2.36 bits per heavy atom. The van der Waals surface area contributed by atoms with Gasteiger partial charge in [-0.2, -0.15) is 0 Å². The first-order chi connectivity index (χ1) is 10.4. The van der Waals surface area contributed by atoms with Crippen molar-refractivity contribution in [2.24, 2.45) is 17.8 Å². The van der Waals surface area contributed by atoms with Gasteiger partial charge in [-0.3, -0.25) is 4.79 Å². The Balaban J connectivity index is 2.19. The average Bonchev–Trinajstić information content (AvgIpc) is 2.46. The Labute approximate surface area is 135 Å². The third kappa shape index (κ3) is 7.24. The summed E-state index contributed by atoms with van der Waals surface area (Å²) in [5.74, 6) is 0.176. The van der Waals surface area contributed by atoms with E-state index in [0.29, 0.717) is 18.4 Å². The number of allylic oxidation sites excluding steroid dienone is 2. The van der Waals surface area contributed by atoms with E-state index in [-0.39, 0.29) is 11.7 Å². The van der Waals surface area contributed by atoms with Crippen molar-refractivity contribution in [2.45, 2.75) is 72.6 Å². The second-order valence-corrected chi connectivity index (χ2v) is 7.21. The van der Waals surface area contributed by atoms with E-state index in [4.69, 9.17) is 4.74 Å². The van der Waals surface area contributed by atoms with E-state index in [9.17, 15) is 9.59 Å². The zero-order valence-corrected chi connectivity index (χ0v) is 14.7. The molecule has 0 bridgehead atoms. The van der Waals surface area contributed by atoms with Gasteiger partial charge in [0.1, 0.15) is 0 Å². The van der Waals surface area contributed by atoms with E-state index >= 15 is 0 Å². The average molecular weight is 308 g/mol. The van der Waals surface area contributed by atoms with E-state index in [2.05, 4.69) is 33.8 Å². The fourth-order valence-corrected chi connectivity index (χ4v) is 2.91. The number of rotatable bonds is 8. The minimum atomic E-state index is -0.615. The summed E-state index contributed by atoms with van der Waals surface area (Å²) in [6.45, 7) is 8.93. The third-order valence-corrected chi connectivity index (χ3v) is 4.64. The van der Waals surface area contributed by atoms with Crippen molar-refractivity contribution in [3.63, 3.8) is 0 Å². The van der Waals surface area contributed by atoms with E-state index in [1.165, 1.54) is 5.57 Å². The molecule has 1 rings (SSSR count). The summed E-state index contributed by atoms with van der Waals surface area (Å²) in [5.41, 5.74) is 1.34. The van der Waals surface area contributed by atoms with Crippen LogP contribution in [-0.4, -0.2) is 18.4 Å². The summed E-state index contributed by atoms with van der Waals surface area (Å²) < 4.78 is 5.18. The number of carbonyl (C=O) groups is 2. The van der Waals surface area contributed by atoms with Crippen LogP contribution in [0.4, 0.5) is 0 Å². The first-order valence-corrected chi connectivity index (χ1v) is 8.74. The van der Waals surface area contributed by atoms with Gasteiger partial charge >= 0.3 is 5.97 Å². The fourth-order valence-electron chi connectivity index (χ4n) is 2.91. The minimum Gasteiger partial charge on any atom is -0.460 e. The van der Waals surface area contributed by atoms with Crippen LogP contribution in [-0.2, 0) is 14.3 Å². The lowest BCUT2D eigenvalue weighted by Gasteiger charge is -2.24. The molecule has 0 aliphatic heterocycles. The molecular weight excluding hydrogens is 276 g/mol. The number of esters is 1. The van der Waals surface area contributed by atoms with Gasteiger partial charge in [0.15, 0.2) is 0 Å². The highest BCUT2D eigenvalue weighted by atomic mass is 16.5. The summed E-state index contributed by atoms with van der Waals surface area (Å²) in [7, 11) is 0. The summed E-state index contributed by atoms with van der Waals surface area (Å²) >= 11 is 0. The zero-order chi connectivity index (χ0) is 16.5. The molecule has 3 nitrogen and oxygen atoms in total. The molecule has 0 N–H and O–H groups in total. The van der Waals surface area contributed by atoms with Crippen molar-refractivity contribution < 1.29 is 14.3 Å². The first kappa shape index (κ1) is 18.9. The highest BCUT2D eigenvalue weighted by Crippen LogP contribution is 2.29. The minimum absolute atomic E-state index is 0.0983. The Bertz CT molecular complexity index is 385. The van der Waals surface area contributed by atoms with Crippen LogP contribution in [0.3, 0.4) is 0 Å². The van der Waals surface area contributed by atoms with Crippen LogP contribution >= 0.6 is 0 Å². The highest BCUT2D eigenvalue weighted by Gasteiger charge is 2.29. The number of hydrogen-bond acceptors (Lipinski definition) is 3. The molecule has 0 aromatic carbocycles. The topological polar surface area (TPSA) is 43.4 Å². The molecule has 0 aromatic rings. The zero-order valence-electron chi connectivity index (χ0n) is 14.7. The highest BCUT2D eigenvalue weighted by molar-refractivity contribution is 6.34. The largest absolute Gasteiger partial charge is 0.460 e. The molecular formula is C19H32O3. The molecule has 0 spiro atoms. The molecule has 1 aliphatic carbocycles. The molecule has 0 amide bonds. The Morgan fingerprint density at radius 1 is 1.14 bits per heavy atom. The van der Waals surface area contributed by atoms with Crippen LogP contribution in [0.15, 0.2) is 11.6 Å². The quantitative estimate of drug-likeness (QED) is 0.371. The predicted octanol–water partition coefficient (Wildman–Crippen LogP) is 4.70. The maximum atomic E-state index is 12.0. The van der Waals surface area contributed by atoms with Crippen molar-refractivity contribution >= 4 is 11.8 Å². The molecule has 0 unspecified atom stereocenters. The fraction of sp³-hybridized carbons (Fsp3) is 0.789. The number of carbonyl (C=O) groups excluding carboxylic acids is 2. The number of Topliss-reactive ketones (excluding diaryl/α,β-unsaturated/α-hetero) is 1. The molecule has 0 radical (unpaired) electrons. The van der Waals surface area contributed by atoms with E-state index in [1.54, 1.807) is 0 Å².